The topological polar surface area (TPSA) is 55.8 Å². The number of carbonyl (C=O) groups excluding carboxylic acids is 1. The number of fused-ring (bicyclic) bond motifs is 3. The van der Waals surface area contributed by atoms with Crippen LogP contribution < -0.4 is 0 Å². The normalized spacial score (nSPS) is 50.6. The van der Waals surface area contributed by atoms with Crippen LogP contribution >= 0.6 is 0 Å². The summed E-state index contributed by atoms with van der Waals surface area (Å²) in [4.78, 5) is 11.6. The molecule has 0 aromatic rings. The fourth-order valence-corrected chi connectivity index (χ4v) is 8.70. The van der Waals surface area contributed by atoms with Gasteiger partial charge in [-0.05, 0) is 80.0 Å². The highest BCUT2D eigenvalue weighted by Gasteiger charge is 2.68. The van der Waals surface area contributed by atoms with E-state index in [-0.39, 0.29) is 29.7 Å². The van der Waals surface area contributed by atoms with Gasteiger partial charge in [-0.25, -0.2) is 0 Å². The summed E-state index contributed by atoms with van der Waals surface area (Å²) in [6, 6.07) is 0. The Bertz CT molecular complexity index is 609. The number of hydrogen-bond acceptors (Lipinski definition) is 4. The molecule has 154 valence electrons. The van der Waals surface area contributed by atoms with E-state index < -0.39 is 0 Å². The molecule has 1 N–H and O–H groups in total. The summed E-state index contributed by atoms with van der Waals surface area (Å²) >= 11 is 0. The van der Waals surface area contributed by atoms with Crippen LogP contribution in [0, 0.1) is 34.0 Å². The summed E-state index contributed by atoms with van der Waals surface area (Å²) in [6.07, 6.45) is 9.29. The molecule has 1 spiro atoms. The first-order valence-corrected chi connectivity index (χ1v) is 11.0. The highest BCUT2D eigenvalue weighted by atomic mass is 16.5. The molecule has 0 amide bonds. The largest absolute Gasteiger partial charge is 0.462 e. The van der Waals surface area contributed by atoms with Crippen LogP contribution in [0.3, 0.4) is 0 Å². The number of rotatable bonds is 3. The number of hydrogen-bond donors (Lipinski definition) is 1. The molecule has 27 heavy (non-hydrogen) atoms. The smallest absolute Gasteiger partial charge is 0.302 e. The SMILES string of the molecule is COC1(CO)CC23CCC4C(C)(C)C(OC(C)=O)CCC4(C)C2CCC1C3. The first-order chi connectivity index (χ1) is 12.6. The lowest BCUT2D eigenvalue weighted by atomic mass is 9.41. The minimum absolute atomic E-state index is 0.0189. The van der Waals surface area contributed by atoms with Crippen LogP contribution in [-0.4, -0.2) is 36.5 Å². The van der Waals surface area contributed by atoms with Crippen LogP contribution in [0.1, 0.15) is 79.1 Å². The number of aliphatic hydroxyl groups excluding tert-OH is 1. The molecule has 4 rings (SSSR count). The Morgan fingerprint density at radius 3 is 2.44 bits per heavy atom. The van der Waals surface area contributed by atoms with Gasteiger partial charge < -0.3 is 14.6 Å². The van der Waals surface area contributed by atoms with Crippen molar-refractivity contribution in [1.82, 2.24) is 0 Å². The van der Waals surface area contributed by atoms with E-state index in [4.69, 9.17) is 9.47 Å². The minimum Gasteiger partial charge on any atom is -0.462 e. The summed E-state index contributed by atoms with van der Waals surface area (Å²) in [5, 5.41) is 10.2. The lowest BCUT2D eigenvalue weighted by molar-refractivity contribution is -0.197. The fourth-order valence-electron chi connectivity index (χ4n) is 8.70. The summed E-state index contributed by atoms with van der Waals surface area (Å²) in [6.45, 7) is 8.88. The highest BCUT2D eigenvalue weighted by Crippen LogP contribution is 2.73. The first-order valence-electron chi connectivity index (χ1n) is 11.0. The standard InChI is InChI=1S/C23H38O4/c1-15(25)27-19-9-10-21(4)17(20(19,2)3)8-11-22-12-16(6-7-18(21)22)23(13-22,14-24)26-5/h16-19,24H,6-14H2,1-5H3. The molecule has 4 aliphatic rings. The van der Waals surface area contributed by atoms with Crippen molar-refractivity contribution >= 4 is 5.97 Å². The lowest BCUT2D eigenvalue weighted by Crippen LogP contribution is -2.59. The molecule has 0 saturated heterocycles. The van der Waals surface area contributed by atoms with Crippen molar-refractivity contribution < 1.29 is 19.4 Å². The maximum Gasteiger partial charge on any atom is 0.302 e. The number of esters is 1. The molecule has 4 fully saturated rings. The maximum absolute atomic E-state index is 11.6. The fraction of sp³-hybridized carbons (Fsp3) is 0.957. The molecule has 0 heterocycles. The summed E-state index contributed by atoms with van der Waals surface area (Å²) in [7, 11) is 1.79. The van der Waals surface area contributed by atoms with E-state index in [9.17, 15) is 9.90 Å². The first kappa shape index (κ1) is 19.7. The van der Waals surface area contributed by atoms with Crippen LogP contribution in [0.4, 0.5) is 0 Å². The summed E-state index contributed by atoms with van der Waals surface area (Å²) < 4.78 is 11.7. The molecule has 0 aromatic heterocycles. The molecular formula is C23H38O4. The molecule has 4 saturated carbocycles. The van der Waals surface area contributed by atoms with E-state index in [0.29, 0.717) is 28.6 Å². The quantitative estimate of drug-likeness (QED) is 0.742. The molecule has 7 atom stereocenters. The van der Waals surface area contributed by atoms with Crippen molar-refractivity contribution in [1.29, 1.82) is 0 Å². The van der Waals surface area contributed by atoms with Crippen LogP contribution in [-0.2, 0) is 14.3 Å². The Hall–Kier alpha value is -0.610. The zero-order chi connectivity index (χ0) is 19.7. The van der Waals surface area contributed by atoms with Gasteiger partial charge in [0, 0.05) is 19.4 Å². The monoisotopic (exact) mass is 378 g/mol. The van der Waals surface area contributed by atoms with Gasteiger partial charge in [0.25, 0.3) is 0 Å². The van der Waals surface area contributed by atoms with E-state index in [1.54, 1.807) is 14.0 Å². The Morgan fingerprint density at radius 2 is 1.81 bits per heavy atom. The zero-order valence-electron chi connectivity index (χ0n) is 17.8. The van der Waals surface area contributed by atoms with Gasteiger partial charge in [-0.15, -0.1) is 0 Å². The average Bonchev–Trinajstić information content (AvgIpc) is 2.84. The molecule has 0 aliphatic heterocycles. The van der Waals surface area contributed by atoms with Crippen molar-refractivity contribution in [2.24, 2.45) is 34.0 Å². The molecule has 7 unspecified atom stereocenters. The molecule has 2 bridgehead atoms. The van der Waals surface area contributed by atoms with Crippen molar-refractivity contribution in [3.05, 3.63) is 0 Å². The van der Waals surface area contributed by atoms with Crippen LogP contribution in [0.2, 0.25) is 0 Å². The molecule has 4 nitrogen and oxygen atoms in total. The van der Waals surface area contributed by atoms with Crippen molar-refractivity contribution in [3.63, 3.8) is 0 Å². The molecular weight excluding hydrogens is 340 g/mol. The predicted octanol–water partition coefficient (Wildman–Crippen LogP) is 4.34. The third-order valence-corrected chi connectivity index (χ3v) is 9.77. The Labute approximate surface area is 164 Å². The van der Waals surface area contributed by atoms with Gasteiger partial charge in [0.1, 0.15) is 6.10 Å². The van der Waals surface area contributed by atoms with Gasteiger partial charge in [-0.2, -0.15) is 0 Å². The highest BCUT2D eigenvalue weighted by molar-refractivity contribution is 5.66. The number of aliphatic hydroxyl groups is 1. The van der Waals surface area contributed by atoms with E-state index >= 15 is 0 Å². The summed E-state index contributed by atoms with van der Waals surface area (Å²) in [5.74, 6) is 1.64. The van der Waals surface area contributed by atoms with Crippen molar-refractivity contribution in [2.45, 2.75) is 90.8 Å². The Balaban J connectivity index is 1.66. The molecule has 4 aliphatic carbocycles. The van der Waals surface area contributed by atoms with Crippen LogP contribution in [0.5, 0.6) is 0 Å². The van der Waals surface area contributed by atoms with Crippen molar-refractivity contribution in [2.75, 3.05) is 13.7 Å². The van der Waals surface area contributed by atoms with Crippen LogP contribution in [0.15, 0.2) is 0 Å². The van der Waals surface area contributed by atoms with E-state index in [2.05, 4.69) is 20.8 Å². The maximum atomic E-state index is 11.6. The van der Waals surface area contributed by atoms with Crippen LogP contribution in [0.25, 0.3) is 0 Å². The van der Waals surface area contributed by atoms with E-state index in [1.807, 2.05) is 0 Å². The zero-order valence-corrected chi connectivity index (χ0v) is 17.8. The number of methoxy groups -OCH3 is 1. The van der Waals surface area contributed by atoms with Gasteiger partial charge in [0.05, 0.1) is 12.2 Å². The third-order valence-electron chi connectivity index (χ3n) is 9.77. The van der Waals surface area contributed by atoms with Gasteiger partial charge in [0.15, 0.2) is 0 Å². The lowest BCUT2D eigenvalue weighted by Gasteiger charge is -2.65. The second kappa shape index (κ2) is 6.19. The van der Waals surface area contributed by atoms with Crippen molar-refractivity contribution in [3.8, 4) is 0 Å². The third kappa shape index (κ3) is 2.58. The second-order valence-electron chi connectivity index (χ2n) is 11.1. The van der Waals surface area contributed by atoms with E-state index in [1.165, 1.54) is 32.1 Å². The molecule has 4 heteroatoms. The predicted molar refractivity (Wildman–Crippen MR) is 104 cm³/mol. The van der Waals surface area contributed by atoms with Gasteiger partial charge in [-0.1, -0.05) is 20.8 Å². The second-order valence-corrected chi connectivity index (χ2v) is 11.1. The number of ether oxygens (including phenoxy) is 2. The summed E-state index contributed by atoms with van der Waals surface area (Å²) in [5.41, 5.74) is 0.327. The average molecular weight is 379 g/mol. The Kier molecular flexibility index (Phi) is 4.52. The van der Waals surface area contributed by atoms with E-state index in [0.717, 1.165) is 19.3 Å². The van der Waals surface area contributed by atoms with Gasteiger partial charge in [0.2, 0.25) is 0 Å². The minimum atomic E-state index is -0.317. The number of carbonyl (C=O) groups is 1. The van der Waals surface area contributed by atoms with Gasteiger partial charge >= 0.3 is 5.97 Å². The molecule has 0 aromatic carbocycles. The van der Waals surface area contributed by atoms with Gasteiger partial charge in [-0.3, -0.25) is 4.79 Å². The Morgan fingerprint density at radius 1 is 1.07 bits per heavy atom. The molecule has 0 radical (unpaired) electrons.